The van der Waals surface area contributed by atoms with Gasteiger partial charge in [-0.2, -0.15) is 0 Å². The summed E-state index contributed by atoms with van der Waals surface area (Å²) in [5.74, 6) is -0.870. The van der Waals surface area contributed by atoms with Gasteiger partial charge in [0.25, 0.3) is 11.7 Å². The number of nitrogens with one attached hydrogen (secondary N) is 2. The minimum Gasteiger partial charge on any atom is -0.319 e. The number of halogens is 5. The molecule has 0 aromatic heterocycles. The Balaban J connectivity index is 1.86. The number of rotatable bonds is 4. The third-order valence-electron chi connectivity index (χ3n) is 3.68. The highest BCUT2D eigenvalue weighted by molar-refractivity contribution is 6.43. The lowest BCUT2D eigenvalue weighted by atomic mass is 10.3. The lowest BCUT2D eigenvalue weighted by Gasteiger charge is -2.06. The van der Waals surface area contributed by atoms with Crippen molar-refractivity contribution in [3.8, 4) is 0 Å². The minimum absolute atomic E-state index is 0.257. The van der Waals surface area contributed by atoms with Crippen molar-refractivity contribution in [2.45, 2.75) is 0 Å². The molecule has 0 saturated carbocycles. The maximum Gasteiger partial charge on any atom is 0.297 e. The topological polar surface area (TPSA) is 78.2 Å². The summed E-state index contributed by atoms with van der Waals surface area (Å²) in [6.07, 6.45) is 0. The zero-order valence-electron chi connectivity index (χ0n) is 15.4. The molecule has 0 saturated heterocycles. The molecule has 31 heavy (non-hydrogen) atoms. The molecule has 0 heterocycles. The van der Waals surface area contributed by atoms with E-state index in [1.807, 2.05) is 0 Å². The van der Waals surface area contributed by atoms with Gasteiger partial charge in [0.2, 0.25) is 0 Å². The standard InChI is InChI=1S/C20H12Cl5N5O/c21-11-1-3-12(4-2-11)26-20(31)19(29-27-13-5-7-15(22)17(24)9-13)30-28-14-6-8-16(23)18(25)10-14/h1-10,27H,(H,26,31). The molecule has 3 aromatic carbocycles. The first-order valence-electron chi connectivity index (χ1n) is 8.54. The van der Waals surface area contributed by atoms with Crippen LogP contribution < -0.4 is 10.7 Å². The van der Waals surface area contributed by atoms with Crippen molar-refractivity contribution in [2.75, 3.05) is 10.7 Å². The van der Waals surface area contributed by atoms with Crippen LogP contribution in [-0.4, -0.2) is 11.7 Å². The van der Waals surface area contributed by atoms with Crippen LogP contribution in [0.15, 0.2) is 76.0 Å². The maximum atomic E-state index is 12.7. The number of hydrogen-bond acceptors (Lipinski definition) is 4. The Morgan fingerprint density at radius 1 is 0.710 bits per heavy atom. The molecule has 158 valence electrons. The smallest absolute Gasteiger partial charge is 0.297 e. The molecule has 0 radical (unpaired) electrons. The van der Waals surface area contributed by atoms with Crippen LogP contribution in [-0.2, 0) is 4.79 Å². The van der Waals surface area contributed by atoms with Crippen LogP contribution in [0, 0.1) is 0 Å². The molecule has 0 bridgehead atoms. The lowest BCUT2D eigenvalue weighted by molar-refractivity contribution is -0.110. The predicted molar refractivity (Wildman–Crippen MR) is 129 cm³/mol. The van der Waals surface area contributed by atoms with Gasteiger partial charge >= 0.3 is 0 Å². The van der Waals surface area contributed by atoms with E-state index in [9.17, 15) is 4.79 Å². The van der Waals surface area contributed by atoms with Crippen LogP contribution in [0.2, 0.25) is 25.1 Å². The fourth-order valence-corrected chi connectivity index (χ4v) is 2.89. The SMILES string of the molecule is O=C(Nc1ccc(Cl)cc1)C(N=Nc1ccc(Cl)c(Cl)c1)=NNc1ccc(Cl)c(Cl)c1. The molecule has 0 fully saturated rings. The van der Waals surface area contributed by atoms with Gasteiger partial charge in [0.05, 0.1) is 31.5 Å². The number of azo groups is 1. The van der Waals surface area contributed by atoms with Gasteiger partial charge in [-0.1, -0.05) is 58.0 Å². The van der Waals surface area contributed by atoms with Crippen LogP contribution >= 0.6 is 58.0 Å². The van der Waals surface area contributed by atoms with E-state index >= 15 is 0 Å². The Hall–Kier alpha value is -2.35. The highest BCUT2D eigenvalue weighted by Gasteiger charge is 2.13. The van der Waals surface area contributed by atoms with E-state index in [1.165, 1.54) is 6.07 Å². The molecule has 0 aliphatic heterocycles. The number of carbonyl (C=O) groups excluding carboxylic acids is 1. The highest BCUT2D eigenvalue weighted by Crippen LogP contribution is 2.27. The van der Waals surface area contributed by atoms with Crippen molar-refractivity contribution < 1.29 is 4.79 Å². The maximum absolute atomic E-state index is 12.7. The summed E-state index contributed by atoms with van der Waals surface area (Å²) in [7, 11) is 0. The normalized spacial score (nSPS) is 11.6. The van der Waals surface area contributed by atoms with Crippen molar-refractivity contribution in [3.05, 3.63) is 85.8 Å². The van der Waals surface area contributed by atoms with E-state index in [1.54, 1.807) is 54.6 Å². The average Bonchev–Trinajstić information content (AvgIpc) is 2.74. The van der Waals surface area contributed by atoms with E-state index in [2.05, 4.69) is 26.1 Å². The largest absolute Gasteiger partial charge is 0.319 e. The van der Waals surface area contributed by atoms with E-state index in [0.29, 0.717) is 42.2 Å². The number of nitrogens with zero attached hydrogens (tertiary/aromatic N) is 3. The number of hydrogen-bond donors (Lipinski definition) is 2. The quantitative estimate of drug-likeness (QED) is 0.159. The van der Waals surface area contributed by atoms with E-state index in [0.717, 1.165) is 0 Å². The van der Waals surface area contributed by atoms with Gasteiger partial charge in [-0.15, -0.1) is 15.3 Å². The third-order valence-corrected chi connectivity index (χ3v) is 5.41. The van der Waals surface area contributed by atoms with Gasteiger partial charge in [0.1, 0.15) is 0 Å². The Labute approximate surface area is 202 Å². The summed E-state index contributed by atoms with van der Waals surface area (Å²) in [6.45, 7) is 0. The molecule has 0 aliphatic rings. The second kappa shape index (κ2) is 10.8. The highest BCUT2D eigenvalue weighted by atomic mass is 35.5. The first-order valence-corrected chi connectivity index (χ1v) is 10.4. The van der Waals surface area contributed by atoms with Crippen molar-refractivity contribution in [3.63, 3.8) is 0 Å². The number of amides is 1. The Bertz CT molecular complexity index is 1170. The molecule has 0 spiro atoms. The van der Waals surface area contributed by atoms with Crippen LogP contribution in [0.3, 0.4) is 0 Å². The van der Waals surface area contributed by atoms with Crippen LogP contribution in [0.25, 0.3) is 0 Å². The Morgan fingerprint density at radius 3 is 1.97 bits per heavy atom. The summed E-state index contributed by atoms with van der Waals surface area (Å²) in [4.78, 5) is 12.7. The molecule has 2 N–H and O–H groups in total. The van der Waals surface area contributed by atoms with Crippen molar-refractivity contribution >= 4 is 86.8 Å². The van der Waals surface area contributed by atoms with Gasteiger partial charge in [-0.25, -0.2) is 0 Å². The number of anilines is 2. The summed E-state index contributed by atoms with van der Waals surface area (Å²) in [5.41, 5.74) is 4.09. The number of amidine groups is 1. The lowest BCUT2D eigenvalue weighted by Crippen LogP contribution is -2.22. The van der Waals surface area contributed by atoms with Gasteiger partial charge in [0, 0.05) is 10.7 Å². The zero-order chi connectivity index (χ0) is 22.4. The molecule has 11 heteroatoms. The molecule has 0 atom stereocenters. The van der Waals surface area contributed by atoms with Gasteiger partial charge in [0.15, 0.2) is 0 Å². The summed E-state index contributed by atoms with van der Waals surface area (Å²) in [5, 5.41) is 16.6. The summed E-state index contributed by atoms with van der Waals surface area (Å²) >= 11 is 29.7. The zero-order valence-corrected chi connectivity index (χ0v) is 19.2. The average molecular weight is 516 g/mol. The van der Waals surface area contributed by atoms with Crippen molar-refractivity contribution in [2.24, 2.45) is 15.3 Å². The molecule has 3 rings (SSSR count). The van der Waals surface area contributed by atoms with Crippen molar-refractivity contribution in [1.82, 2.24) is 0 Å². The second-order valence-corrected chi connectivity index (χ2v) is 8.00. The van der Waals surface area contributed by atoms with E-state index in [4.69, 9.17) is 58.0 Å². The van der Waals surface area contributed by atoms with Crippen LogP contribution in [0.1, 0.15) is 0 Å². The van der Waals surface area contributed by atoms with E-state index in [-0.39, 0.29) is 5.84 Å². The molecule has 1 amide bonds. The molecule has 0 aliphatic carbocycles. The van der Waals surface area contributed by atoms with Gasteiger partial charge in [-0.3, -0.25) is 10.2 Å². The molecule has 3 aromatic rings. The predicted octanol–water partition coefficient (Wildman–Crippen LogP) is 8.10. The monoisotopic (exact) mass is 513 g/mol. The second-order valence-electron chi connectivity index (χ2n) is 5.94. The molecular weight excluding hydrogens is 504 g/mol. The van der Waals surface area contributed by atoms with Gasteiger partial charge < -0.3 is 5.32 Å². The fourth-order valence-electron chi connectivity index (χ4n) is 2.17. The molecule has 6 nitrogen and oxygen atoms in total. The van der Waals surface area contributed by atoms with Crippen LogP contribution in [0.4, 0.5) is 17.1 Å². The fraction of sp³-hybridized carbons (Fsp3) is 0. The Morgan fingerprint density at radius 2 is 1.32 bits per heavy atom. The van der Waals surface area contributed by atoms with E-state index < -0.39 is 5.91 Å². The Kier molecular flexibility index (Phi) is 8.12. The number of benzene rings is 3. The van der Waals surface area contributed by atoms with Gasteiger partial charge in [-0.05, 0) is 60.7 Å². The summed E-state index contributed by atoms with van der Waals surface area (Å²) in [6, 6.07) is 16.0. The van der Waals surface area contributed by atoms with Crippen LogP contribution in [0.5, 0.6) is 0 Å². The first-order chi connectivity index (χ1) is 14.8. The number of hydrazone groups is 1. The molecular formula is C20H12Cl5N5O. The molecule has 0 unspecified atom stereocenters. The number of carbonyl (C=O) groups is 1. The first kappa shape index (κ1) is 23.3. The minimum atomic E-state index is -0.612. The third kappa shape index (κ3) is 6.82. The summed E-state index contributed by atoms with van der Waals surface area (Å²) < 4.78 is 0. The van der Waals surface area contributed by atoms with Crippen molar-refractivity contribution in [1.29, 1.82) is 0 Å².